The lowest BCUT2D eigenvalue weighted by Crippen LogP contribution is -2.45. The molecule has 9 heteroatoms. The number of rotatable bonds is 8. The van der Waals surface area contributed by atoms with Crippen LogP contribution in [0.5, 0.6) is 0 Å². The van der Waals surface area contributed by atoms with Gasteiger partial charge in [-0.15, -0.1) is 24.0 Å². The van der Waals surface area contributed by atoms with Crippen LogP contribution in [-0.2, 0) is 11.3 Å². The zero-order chi connectivity index (χ0) is 21.2. The predicted molar refractivity (Wildman–Crippen MR) is 134 cm³/mol. The van der Waals surface area contributed by atoms with Gasteiger partial charge in [0.05, 0.1) is 24.7 Å². The predicted octanol–water partition coefficient (Wildman–Crippen LogP) is 3.55. The van der Waals surface area contributed by atoms with E-state index in [0.717, 1.165) is 63.3 Å². The zero-order valence-electron chi connectivity index (χ0n) is 18.4. The summed E-state index contributed by atoms with van der Waals surface area (Å²) in [5, 5.41) is 17.9. The lowest BCUT2D eigenvalue weighted by molar-refractivity contribution is -0.384. The van der Waals surface area contributed by atoms with Crippen LogP contribution in [0.15, 0.2) is 29.3 Å². The number of benzene rings is 1. The number of nitro groups is 1. The van der Waals surface area contributed by atoms with E-state index in [1.54, 1.807) is 12.1 Å². The molecule has 31 heavy (non-hydrogen) atoms. The van der Waals surface area contributed by atoms with Crippen LogP contribution in [0.1, 0.15) is 44.6 Å². The van der Waals surface area contributed by atoms with E-state index in [2.05, 4.69) is 22.5 Å². The van der Waals surface area contributed by atoms with Gasteiger partial charge in [0.2, 0.25) is 0 Å². The molecule has 2 N–H and O–H groups in total. The fraction of sp³-hybridized carbons (Fsp3) is 0.682. The molecule has 0 amide bonds. The van der Waals surface area contributed by atoms with E-state index in [-0.39, 0.29) is 34.6 Å². The summed E-state index contributed by atoms with van der Waals surface area (Å²) in [6.07, 6.45) is 5.91. The largest absolute Gasteiger partial charge is 0.379 e. The Bertz CT molecular complexity index is 687. The lowest BCUT2D eigenvalue weighted by atomic mass is 9.87. The van der Waals surface area contributed by atoms with E-state index in [0.29, 0.717) is 12.6 Å². The maximum Gasteiger partial charge on any atom is 0.269 e. The minimum Gasteiger partial charge on any atom is -0.379 e. The van der Waals surface area contributed by atoms with Crippen molar-refractivity contribution in [2.24, 2.45) is 10.9 Å². The van der Waals surface area contributed by atoms with Gasteiger partial charge in [-0.3, -0.25) is 15.0 Å². The van der Waals surface area contributed by atoms with E-state index in [1.165, 1.54) is 37.8 Å². The van der Waals surface area contributed by atoms with Gasteiger partial charge in [-0.05, 0) is 50.1 Å². The van der Waals surface area contributed by atoms with Gasteiger partial charge >= 0.3 is 0 Å². The first-order chi connectivity index (χ1) is 14.6. The van der Waals surface area contributed by atoms with Crippen LogP contribution in [0.4, 0.5) is 5.69 Å². The molecule has 174 valence electrons. The van der Waals surface area contributed by atoms with Crippen molar-refractivity contribution < 1.29 is 9.66 Å². The number of hydrogen-bond acceptors (Lipinski definition) is 5. The molecule has 0 aromatic heterocycles. The van der Waals surface area contributed by atoms with Crippen molar-refractivity contribution >= 4 is 35.6 Å². The second-order valence-electron chi connectivity index (χ2n) is 8.42. The van der Waals surface area contributed by atoms with Crippen molar-refractivity contribution in [3.63, 3.8) is 0 Å². The molecule has 1 aromatic rings. The number of ether oxygens (including phenoxy) is 1. The Morgan fingerprint density at radius 2 is 1.87 bits per heavy atom. The first-order valence-corrected chi connectivity index (χ1v) is 11.2. The van der Waals surface area contributed by atoms with E-state index < -0.39 is 0 Å². The molecule has 1 saturated heterocycles. The van der Waals surface area contributed by atoms with Crippen LogP contribution in [-0.4, -0.2) is 61.2 Å². The fourth-order valence-electron chi connectivity index (χ4n) is 3.98. The van der Waals surface area contributed by atoms with E-state index in [4.69, 9.17) is 9.73 Å². The number of nitro benzene ring substituents is 1. The molecule has 0 atom stereocenters. The third-order valence-corrected chi connectivity index (χ3v) is 5.97. The van der Waals surface area contributed by atoms with Crippen molar-refractivity contribution in [2.75, 3.05) is 39.4 Å². The number of non-ortho nitro benzene ring substituents is 1. The average Bonchev–Trinajstić information content (AvgIpc) is 2.77. The number of halogens is 1. The molecule has 1 aromatic carbocycles. The fourth-order valence-corrected chi connectivity index (χ4v) is 3.98. The molecule has 1 saturated carbocycles. The van der Waals surface area contributed by atoms with Crippen molar-refractivity contribution in [1.29, 1.82) is 0 Å². The first kappa shape index (κ1) is 25.8. The highest BCUT2D eigenvalue weighted by molar-refractivity contribution is 14.0. The quantitative estimate of drug-likeness (QED) is 0.130. The van der Waals surface area contributed by atoms with Crippen molar-refractivity contribution in [3.05, 3.63) is 39.9 Å². The number of hydrogen-bond donors (Lipinski definition) is 2. The highest BCUT2D eigenvalue weighted by atomic mass is 127. The van der Waals surface area contributed by atoms with Gasteiger partial charge in [0.25, 0.3) is 5.69 Å². The number of nitrogens with zero attached hydrogens (tertiary/aromatic N) is 3. The summed E-state index contributed by atoms with van der Waals surface area (Å²) in [4.78, 5) is 17.7. The Labute approximate surface area is 202 Å². The summed E-state index contributed by atoms with van der Waals surface area (Å²) in [5.41, 5.74) is 1.07. The average molecular weight is 545 g/mol. The van der Waals surface area contributed by atoms with Crippen LogP contribution >= 0.6 is 24.0 Å². The molecule has 2 aliphatic rings. The Balaban J connectivity index is 0.00000341. The number of nitrogens with one attached hydrogen (secondary N) is 2. The maximum atomic E-state index is 10.8. The molecule has 0 radical (unpaired) electrons. The highest BCUT2D eigenvalue weighted by Crippen LogP contribution is 2.23. The molecule has 1 heterocycles. The molecule has 0 unspecified atom stereocenters. The van der Waals surface area contributed by atoms with Gasteiger partial charge in [0.15, 0.2) is 5.96 Å². The number of guanidine groups is 1. The third-order valence-electron chi connectivity index (χ3n) is 5.97. The minimum absolute atomic E-state index is 0. The second kappa shape index (κ2) is 13.8. The monoisotopic (exact) mass is 545 g/mol. The third kappa shape index (κ3) is 9.28. The SMILES string of the molecule is CC1CCC(NC(=NCc2ccc([N+](=O)[O-])cc2)NCCCN2CCOCC2)CC1.I. The standard InChI is InChI=1S/C22H35N5O3.HI/c1-18-3-7-20(8-4-18)25-22(23-11-2-12-26-13-15-30-16-14-26)24-17-19-5-9-21(10-6-19)27(28)29;/h5-6,9-10,18,20H,2-4,7-8,11-17H2,1H3,(H2,23,24,25);1H. The summed E-state index contributed by atoms with van der Waals surface area (Å²) in [6, 6.07) is 7.09. The Morgan fingerprint density at radius 1 is 1.19 bits per heavy atom. The molecule has 3 rings (SSSR count). The Morgan fingerprint density at radius 3 is 2.52 bits per heavy atom. The summed E-state index contributed by atoms with van der Waals surface area (Å²) in [6.45, 7) is 8.44. The van der Waals surface area contributed by atoms with Gasteiger partial charge in [-0.1, -0.05) is 19.1 Å². The van der Waals surface area contributed by atoms with E-state index in [1.807, 2.05) is 0 Å². The lowest BCUT2D eigenvalue weighted by Gasteiger charge is -2.29. The van der Waals surface area contributed by atoms with Crippen LogP contribution in [0.2, 0.25) is 0 Å². The van der Waals surface area contributed by atoms with Crippen molar-refractivity contribution in [2.45, 2.75) is 51.6 Å². The Hall–Kier alpha value is -1.46. The molecular weight excluding hydrogens is 509 g/mol. The summed E-state index contributed by atoms with van der Waals surface area (Å²) >= 11 is 0. The molecule has 8 nitrogen and oxygen atoms in total. The van der Waals surface area contributed by atoms with E-state index in [9.17, 15) is 10.1 Å². The van der Waals surface area contributed by atoms with Crippen molar-refractivity contribution in [3.8, 4) is 0 Å². The van der Waals surface area contributed by atoms with Gasteiger partial charge < -0.3 is 15.4 Å². The van der Waals surface area contributed by atoms with Gasteiger partial charge in [0, 0.05) is 37.8 Å². The van der Waals surface area contributed by atoms with Crippen LogP contribution < -0.4 is 10.6 Å². The van der Waals surface area contributed by atoms with Crippen LogP contribution in [0.3, 0.4) is 0 Å². The van der Waals surface area contributed by atoms with Gasteiger partial charge in [-0.2, -0.15) is 0 Å². The van der Waals surface area contributed by atoms with Crippen LogP contribution in [0, 0.1) is 16.0 Å². The molecule has 0 spiro atoms. The molecule has 0 bridgehead atoms. The Kier molecular flexibility index (Phi) is 11.5. The molecule has 1 aliphatic heterocycles. The highest BCUT2D eigenvalue weighted by Gasteiger charge is 2.19. The molecular formula is C22H36IN5O3. The number of aliphatic imine (C=N–C) groups is 1. The maximum absolute atomic E-state index is 10.8. The smallest absolute Gasteiger partial charge is 0.269 e. The van der Waals surface area contributed by atoms with E-state index >= 15 is 0 Å². The number of morpholine rings is 1. The first-order valence-electron chi connectivity index (χ1n) is 11.2. The van der Waals surface area contributed by atoms with Crippen LogP contribution in [0.25, 0.3) is 0 Å². The van der Waals surface area contributed by atoms with Gasteiger partial charge in [-0.25, -0.2) is 4.99 Å². The molecule has 2 fully saturated rings. The summed E-state index contributed by atoms with van der Waals surface area (Å²) in [7, 11) is 0. The second-order valence-corrected chi connectivity index (χ2v) is 8.42. The molecule has 1 aliphatic carbocycles. The summed E-state index contributed by atoms with van der Waals surface area (Å²) in [5.74, 6) is 1.65. The zero-order valence-corrected chi connectivity index (χ0v) is 20.8. The topological polar surface area (TPSA) is 92.0 Å². The van der Waals surface area contributed by atoms with Gasteiger partial charge in [0.1, 0.15) is 0 Å². The minimum atomic E-state index is -0.375. The normalized spacial score (nSPS) is 22.4. The van der Waals surface area contributed by atoms with Crippen molar-refractivity contribution in [1.82, 2.24) is 15.5 Å². The summed E-state index contributed by atoms with van der Waals surface area (Å²) < 4.78 is 5.41.